The Bertz CT molecular complexity index is 838. The number of methoxy groups -OCH3 is 1. The van der Waals surface area contributed by atoms with Crippen LogP contribution in [0.25, 0.3) is 0 Å². The summed E-state index contributed by atoms with van der Waals surface area (Å²) >= 11 is 0. The molecule has 30 heavy (non-hydrogen) atoms. The summed E-state index contributed by atoms with van der Waals surface area (Å²) in [5.74, 6) is -1.99. The second-order valence-corrected chi connectivity index (χ2v) is 7.93. The molecule has 1 aliphatic heterocycles. The van der Waals surface area contributed by atoms with Gasteiger partial charge < -0.3 is 25.4 Å². The summed E-state index contributed by atoms with van der Waals surface area (Å²) in [6.07, 6.45) is 3.77. The number of anilines is 1. The lowest BCUT2D eigenvalue weighted by molar-refractivity contribution is -0.142. The molecule has 3 N–H and O–H groups in total. The van der Waals surface area contributed by atoms with Crippen LogP contribution in [0.1, 0.15) is 13.8 Å². The summed E-state index contributed by atoms with van der Waals surface area (Å²) < 4.78 is 5.14. The average molecular weight is 415 g/mol. The molecule has 1 heterocycles. The minimum Gasteiger partial charge on any atom is -0.497 e. The molecular weight excluding hydrogens is 386 g/mol. The lowest BCUT2D eigenvalue weighted by Gasteiger charge is -2.32. The predicted octanol–water partition coefficient (Wildman–Crippen LogP) is 1.03. The molecule has 8 nitrogen and oxygen atoms in total. The van der Waals surface area contributed by atoms with E-state index in [1.165, 1.54) is 4.90 Å². The number of amides is 3. The second-order valence-electron chi connectivity index (χ2n) is 7.93. The number of hydrogen-bond acceptors (Lipinski definition) is 5. The van der Waals surface area contributed by atoms with Crippen LogP contribution in [0.3, 0.4) is 0 Å². The van der Waals surface area contributed by atoms with Gasteiger partial charge in [0, 0.05) is 18.7 Å². The van der Waals surface area contributed by atoms with E-state index in [4.69, 9.17) is 4.74 Å². The van der Waals surface area contributed by atoms with Crippen molar-refractivity contribution in [2.24, 2.45) is 23.7 Å². The van der Waals surface area contributed by atoms with Gasteiger partial charge in [0.25, 0.3) is 0 Å². The van der Waals surface area contributed by atoms with Crippen molar-refractivity contribution in [1.29, 1.82) is 0 Å². The molecule has 1 aromatic rings. The zero-order chi connectivity index (χ0) is 22.0. The number of fused-ring (bicyclic) bond motifs is 1. The average Bonchev–Trinajstić information content (AvgIpc) is 3.05. The molecule has 0 radical (unpaired) electrons. The highest BCUT2D eigenvalue weighted by Gasteiger charge is 2.57. The standard InChI is InChI=1S/C22H29N3O5/c1-12-5-10-16-18(17(12)20(27)23-3)22(29)25(13(2)11-26)19(16)21(28)24-14-6-8-15(30-4)9-7-14/h5-10,12-13,16-19,26H,11H2,1-4H3,(H,23,27)(H,24,28)/t12-,13-,16+,17-,18-,19+/m1/s1. The van der Waals surface area contributed by atoms with E-state index >= 15 is 0 Å². The van der Waals surface area contributed by atoms with Gasteiger partial charge in [-0.1, -0.05) is 19.1 Å². The molecule has 1 fully saturated rings. The van der Waals surface area contributed by atoms with E-state index in [0.717, 1.165) is 0 Å². The third-order valence-electron chi connectivity index (χ3n) is 6.12. The Morgan fingerprint density at radius 1 is 1.20 bits per heavy atom. The summed E-state index contributed by atoms with van der Waals surface area (Å²) in [6.45, 7) is 3.32. The minimum absolute atomic E-state index is 0.134. The second kappa shape index (κ2) is 8.87. The Morgan fingerprint density at radius 2 is 1.87 bits per heavy atom. The van der Waals surface area contributed by atoms with E-state index < -0.39 is 29.8 Å². The number of hydrogen-bond donors (Lipinski definition) is 3. The van der Waals surface area contributed by atoms with Crippen LogP contribution in [0.15, 0.2) is 36.4 Å². The number of aliphatic hydroxyl groups is 1. The fourth-order valence-corrected chi connectivity index (χ4v) is 4.56. The van der Waals surface area contributed by atoms with E-state index in [-0.39, 0.29) is 30.2 Å². The SMILES string of the molecule is CNC(=O)[C@H]1[C@@H]2C(=O)N([C@H](C)CO)[C@H](C(=O)Nc3ccc(OC)cc3)[C@H]2C=C[C@H]1C. The molecular formula is C22H29N3O5. The van der Waals surface area contributed by atoms with Crippen molar-refractivity contribution in [2.75, 3.05) is 26.1 Å². The first-order chi connectivity index (χ1) is 14.3. The Balaban J connectivity index is 1.95. The third-order valence-corrected chi connectivity index (χ3v) is 6.12. The Labute approximate surface area is 176 Å². The van der Waals surface area contributed by atoms with Gasteiger partial charge in [0.05, 0.1) is 31.6 Å². The van der Waals surface area contributed by atoms with Gasteiger partial charge in [0.2, 0.25) is 17.7 Å². The minimum atomic E-state index is -0.817. The van der Waals surface area contributed by atoms with Gasteiger partial charge in [-0.2, -0.15) is 0 Å². The van der Waals surface area contributed by atoms with Crippen LogP contribution in [0.5, 0.6) is 5.75 Å². The highest BCUT2D eigenvalue weighted by atomic mass is 16.5. The number of rotatable bonds is 6. The maximum absolute atomic E-state index is 13.4. The molecule has 0 unspecified atom stereocenters. The van der Waals surface area contributed by atoms with E-state index in [1.807, 2.05) is 19.1 Å². The topological polar surface area (TPSA) is 108 Å². The zero-order valence-corrected chi connectivity index (χ0v) is 17.7. The van der Waals surface area contributed by atoms with Crippen molar-refractivity contribution in [3.05, 3.63) is 36.4 Å². The lowest BCUT2D eigenvalue weighted by atomic mass is 9.70. The summed E-state index contributed by atoms with van der Waals surface area (Å²) in [4.78, 5) is 40.6. The van der Waals surface area contributed by atoms with Gasteiger partial charge in [-0.3, -0.25) is 14.4 Å². The van der Waals surface area contributed by atoms with Crippen LogP contribution in [0.2, 0.25) is 0 Å². The van der Waals surface area contributed by atoms with Crippen LogP contribution in [-0.2, 0) is 14.4 Å². The van der Waals surface area contributed by atoms with Crippen LogP contribution < -0.4 is 15.4 Å². The van der Waals surface area contributed by atoms with Gasteiger partial charge >= 0.3 is 0 Å². The van der Waals surface area contributed by atoms with E-state index in [1.54, 1.807) is 45.3 Å². The van der Waals surface area contributed by atoms with Gasteiger partial charge in [-0.15, -0.1) is 0 Å². The fourth-order valence-electron chi connectivity index (χ4n) is 4.56. The number of ether oxygens (including phenoxy) is 1. The normalized spacial score (nSPS) is 28.6. The van der Waals surface area contributed by atoms with E-state index in [0.29, 0.717) is 11.4 Å². The van der Waals surface area contributed by atoms with Gasteiger partial charge in [-0.25, -0.2) is 0 Å². The number of nitrogens with one attached hydrogen (secondary N) is 2. The van der Waals surface area contributed by atoms with Crippen molar-refractivity contribution in [3.8, 4) is 5.75 Å². The number of aliphatic hydroxyl groups excluding tert-OH is 1. The molecule has 1 aromatic carbocycles. The van der Waals surface area contributed by atoms with Crippen LogP contribution in [0, 0.1) is 23.7 Å². The fraction of sp³-hybridized carbons (Fsp3) is 0.500. The predicted molar refractivity (Wildman–Crippen MR) is 112 cm³/mol. The molecule has 0 bridgehead atoms. The van der Waals surface area contributed by atoms with Crippen molar-refractivity contribution in [2.45, 2.75) is 25.9 Å². The van der Waals surface area contributed by atoms with Crippen molar-refractivity contribution in [3.63, 3.8) is 0 Å². The Kier molecular flexibility index (Phi) is 6.45. The molecule has 6 atom stereocenters. The highest BCUT2D eigenvalue weighted by Crippen LogP contribution is 2.44. The van der Waals surface area contributed by atoms with Crippen molar-refractivity contribution < 1.29 is 24.2 Å². The number of allylic oxidation sites excluding steroid dienone is 1. The van der Waals surface area contributed by atoms with Crippen molar-refractivity contribution >= 4 is 23.4 Å². The van der Waals surface area contributed by atoms with Gasteiger partial charge in [0.1, 0.15) is 11.8 Å². The van der Waals surface area contributed by atoms with Gasteiger partial charge in [0.15, 0.2) is 0 Å². The van der Waals surface area contributed by atoms with Crippen LogP contribution in [-0.4, -0.2) is 60.6 Å². The maximum Gasteiger partial charge on any atom is 0.247 e. The molecule has 3 amide bonds. The number of carbonyl (C=O) groups is 3. The molecule has 1 aliphatic carbocycles. The van der Waals surface area contributed by atoms with E-state index in [9.17, 15) is 19.5 Å². The van der Waals surface area contributed by atoms with Crippen molar-refractivity contribution in [1.82, 2.24) is 10.2 Å². The first kappa shape index (κ1) is 21.8. The van der Waals surface area contributed by atoms with E-state index in [2.05, 4.69) is 10.6 Å². The molecule has 162 valence electrons. The molecule has 3 rings (SSSR count). The number of carbonyl (C=O) groups excluding carboxylic acids is 3. The molecule has 0 spiro atoms. The monoisotopic (exact) mass is 415 g/mol. The molecule has 1 saturated heterocycles. The molecule has 8 heteroatoms. The summed E-state index contributed by atoms with van der Waals surface area (Å²) in [6, 6.07) is 5.53. The third kappa shape index (κ3) is 3.79. The number of likely N-dealkylation sites (tertiary alicyclic amines) is 1. The Hall–Kier alpha value is -2.87. The number of benzene rings is 1. The summed E-state index contributed by atoms with van der Waals surface area (Å²) in [7, 11) is 3.11. The molecule has 0 aromatic heterocycles. The summed E-state index contributed by atoms with van der Waals surface area (Å²) in [5.41, 5.74) is 0.573. The quantitative estimate of drug-likeness (QED) is 0.602. The van der Waals surface area contributed by atoms with Crippen LogP contribution in [0.4, 0.5) is 5.69 Å². The maximum atomic E-state index is 13.4. The summed E-state index contributed by atoms with van der Waals surface area (Å²) in [5, 5.41) is 15.2. The van der Waals surface area contributed by atoms with Gasteiger partial charge in [-0.05, 0) is 37.1 Å². The molecule has 2 aliphatic rings. The highest BCUT2D eigenvalue weighted by molar-refractivity contribution is 6.02. The first-order valence-electron chi connectivity index (χ1n) is 10.1. The Morgan fingerprint density at radius 3 is 2.43 bits per heavy atom. The lowest BCUT2D eigenvalue weighted by Crippen LogP contribution is -2.49. The smallest absolute Gasteiger partial charge is 0.247 e. The number of nitrogens with zero attached hydrogens (tertiary/aromatic N) is 1. The zero-order valence-electron chi connectivity index (χ0n) is 17.7. The molecule has 0 saturated carbocycles. The first-order valence-corrected chi connectivity index (χ1v) is 10.1. The largest absolute Gasteiger partial charge is 0.497 e. The van der Waals surface area contributed by atoms with Crippen LogP contribution >= 0.6 is 0 Å².